The third-order valence-corrected chi connectivity index (χ3v) is 3.89. The van der Waals surface area contributed by atoms with Gasteiger partial charge in [-0.3, -0.25) is 9.69 Å². The molecule has 0 saturated heterocycles. The smallest absolute Gasteiger partial charge is 0.377 e. The minimum absolute atomic E-state index is 0.0118. The summed E-state index contributed by atoms with van der Waals surface area (Å²) < 4.78 is 28.4. The number of aldehydes is 1. The van der Waals surface area contributed by atoms with Crippen LogP contribution in [0.1, 0.15) is 17.3 Å². The lowest BCUT2D eigenvalue weighted by Gasteiger charge is -2.20. The number of rotatable bonds is 4. The van der Waals surface area contributed by atoms with Crippen LogP contribution >= 0.6 is 0 Å². The first-order valence-electron chi connectivity index (χ1n) is 7.98. The molecule has 11 heteroatoms. The third-order valence-electron chi connectivity index (χ3n) is 3.89. The van der Waals surface area contributed by atoms with Gasteiger partial charge in [-0.15, -0.1) is 4.68 Å². The summed E-state index contributed by atoms with van der Waals surface area (Å²) in [5.41, 5.74) is -1.85. The van der Waals surface area contributed by atoms with E-state index in [1.807, 2.05) is 0 Å². The van der Waals surface area contributed by atoms with Gasteiger partial charge in [0.1, 0.15) is 17.7 Å². The molecule has 0 aliphatic carbocycles. The number of benzene rings is 2. The molecule has 0 unspecified atom stereocenters. The Labute approximate surface area is 156 Å². The molecule has 2 aromatic carbocycles. The first-order chi connectivity index (χ1) is 13.4. The summed E-state index contributed by atoms with van der Waals surface area (Å²) in [5.74, 6) is -2.45. The topological polar surface area (TPSA) is 110 Å². The number of hydrogen-bond donors (Lipinski definition) is 1. The van der Waals surface area contributed by atoms with E-state index < -0.39 is 29.0 Å². The quantitative estimate of drug-likeness (QED) is 0.537. The summed E-state index contributed by atoms with van der Waals surface area (Å²) in [4.78, 5) is 37.1. The van der Waals surface area contributed by atoms with Gasteiger partial charge < -0.3 is 5.11 Å². The first kappa shape index (κ1) is 18.9. The number of hydrogen-bond acceptors (Lipinski definition) is 6. The lowest BCUT2D eigenvalue weighted by atomic mass is 10.2. The van der Waals surface area contributed by atoms with Crippen LogP contribution in [0.4, 0.5) is 19.3 Å². The van der Waals surface area contributed by atoms with Crippen molar-refractivity contribution >= 4 is 18.0 Å². The Morgan fingerprint density at radius 2 is 1.89 bits per heavy atom. The van der Waals surface area contributed by atoms with Crippen LogP contribution in [0.5, 0.6) is 5.75 Å². The number of tetrazole rings is 1. The molecule has 1 aromatic heterocycles. The maximum Gasteiger partial charge on any atom is 0.377 e. The van der Waals surface area contributed by atoms with E-state index in [9.17, 15) is 28.3 Å². The van der Waals surface area contributed by atoms with Crippen molar-refractivity contribution in [2.45, 2.75) is 6.92 Å². The van der Waals surface area contributed by atoms with Crippen LogP contribution in [0.2, 0.25) is 0 Å². The molecule has 28 heavy (non-hydrogen) atoms. The number of aromatic nitrogens is 4. The standard InChI is InChI=1S/C17H13F2N5O4/c1-2-22(13-8-10(9-25)6-7-14(13)26)16(27)24-17(28)23(20-21-24)15-11(18)4-3-5-12(15)19/h3-9,26H,2H2,1H3. The molecule has 144 valence electrons. The van der Waals surface area contributed by atoms with Crippen molar-refractivity contribution in [2.24, 2.45) is 0 Å². The van der Waals surface area contributed by atoms with Crippen LogP contribution in [-0.4, -0.2) is 43.8 Å². The zero-order valence-electron chi connectivity index (χ0n) is 14.4. The van der Waals surface area contributed by atoms with E-state index >= 15 is 0 Å². The van der Waals surface area contributed by atoms with Crippen molar-refractivity contribution in [3.63, 3.8) is 0 Å². The fourth-order valence-electron chi connectivity index (χ4n) is 2.55. The largest absolute Gasteiger partial charge is 0.506 e. The molecule has 0 spiro atoms. The first-order valence-corrected chi connectivity index (χ1v) is 7.98. The average molecular weight is 389 g/mol. The van der Waals surface area contributed by atoms with Gasteiger partial charge >= 0.3 is 11.7 Å². The summed E-state index contributed by atoms with van der Waals surface area (Å²) in [5, 5.41) is 16.8. The number of para-hydroxylation sites is 1. The summed E-state index contributed by atoms with van der Waals surface area (Å²) in [7, 11) is 0. The van der Waals surface area contributed by atoms with E-state index in [4.69, 9.17) is 0 Å². The molecule has 0 aliphatic rings. The van der Waals surface area contributed by atoms with E-state index in [1.165, 1.54) is 18.2 Å². The SMILES string of the molecule is CCN(C(=O)n1nnn(-c2c(F)cccc2F)c1=O)c1cc(C=O)ccc1O. The molecule has 0 saturated carbocycles. The van der Waals surface area contributed by atoms with E-state index in [-0.39, 0.29) is 23.5 Å². The van der Waals surface area contributed by atoms with Gasteiger partial charge in [0.25, 0.3) is 0 Å². The lowest BCUT2D eigenvalue weighted by molar-refractivity contribution is 0.112. The van der Waals surface area contributed by atoms with E-state index in [1.54, 1.807) is 6.92 Å². The van der Waals surface area contributed by atoms with Gasteiger partial charge in [0.2, 0.25) is 0 Å². The van der Waals surface area contributed by atoms with Crippen molar-refractivity contribution in [3.8, 4) is 11.4 Å². The third kappa shape index (κ3) is 3.13. The van der Waals surface area contributed by atoms with Crippen LogP contribution in [0.15, 0.2) is 41.2 Å². The van der Waals surface area contributed by atoms with Crippen molar-refractivity contribution < 1.29 is 23.5 Å². The van der Waals surface area contributed by atoms with Gasteiger partial charge in [0.05, 0.1) is 5.69 Å². The summed E-state index contributed by atoms with van der Waals surface area (Å²) in [6.45, 7) is 1.54. The maximum atomic E-state index is 13.9. The number of anilines is 1. The molecule has 3 rings (SSSR count). The number of aromatic hydroxyl groups is 1. The molecule has 0 atom stereocenters. The zero-order chi connectivity index (χ0) is 20.4. The second-order valence-electron chi connectivity index (χ2n) is 5.55. The molecule has 0 radical (unpaired) electrons. The predicted molar refractivity (Wildman–Crippen MR) is 92.8 cm³/mol. The molecule has 1 amide bonds. The number of phenols is 1. The molecule has 0 fully saturated rings. The molecule has 0 aliphatic heterocycles. The van der Waals surface area contributed by atoms with Crippen LogP contribution in [0.3, 0.4) is 0 Å². The number of carbonyl (C=O) groups excluding carboxylic acids is 2. The Bertz CT molecular complexity index is 1100. The summed E-state index contributed by atoms with van der Waals surface area (Å²) >= 11 is 0. The van der Waals surface area contributed by atoms with E-state index in [0.717, 1.165) is 23.1 Å². The Balaban J connectivity index is 2.07. The second-order valence-corrected chi connectivity index (χ2v) is 5.55. The Morgan fingerprint density at radius 3 is 2.50 bits per heavy atom. The van der Waals surface area contributed by atoms with Gasteiger partial charge in [-0.05, 0) is 47.7 Å². The normalized spacial score (nSPS) is 10.7. The lowest BCUT2D eigenvalue weighted by Crippen LogP contribution is -2.41. The van der Waals surface area contributed by atoms with Crippen LogP contribution in [0, 0.1) is 11.6 Å². The molecule has 1 heterocycles. The fourth-order valence-corrected chi connectivity index (χ4v) is 2.55. The number of amides is 1. The molecule has 1 N–H and O–H groups in total. The van der Waals surface area contributed by atoms with Crippen molar-refractivity contribution in [1.82, 2.24) is 19.8 Å². The Morgan fingerprint density at radius 1 is 1.21 bits per heavy atom. The predicted octanol–water partition coefficient (Wildman–Crippen LogP) is 1.72. The van der Waals surface area contributed by atoms with E-state index in [2.05, 4.69) is 10.4 Å². The summed E-state index contributed by atoms with van der Waals surface area (Å²) in [6.07, 6.45) is 0.519. The van der Waals surface area contributed by atoms with Crippen molar-refractivity contribution in [2.75, 3.05) is 11.4 Å². The van der Waals surface area contributed by atoms with Crippen molar-refractivity contribution in [1.29, 1.82) is 0 Å². The highest BCUT2D eigenvalue weighted by Gasteiger charge is 2.25. The highest BCUT2D eigenvalue weighted by Crippen LogP contribution is 2.28. The molecule has 0 bridgehead atoms. The molecule has 9 nitrogen and oxygen atoms in total. The fraction of sp³-hybridized carbons (Fsp3) is 0.118. The highest BCUT2D eigenvalue weighted by molar-refractivity contribution is 5.95. The Hall–Kier alpha value is -3.89. The number of phenolic OH excluding ortho intramolecular Hbond substituents is 1. The Kier molecular flexibility index (Phi) is 4.98. The minimum atomic E-state index is -1.21. The maximum absolute atomic E-state index is 13.9. The van der Waals surface area contributed by atoms with Crippen LogP contribution in [-0.2, 0) is 0 Å². The highest BCUT2D eigenvalue weighted by atomic mass is 19.1. The van der Waals surface area contributed by atoms with Gasteiger partial charge in [-0.2, -0.15) is 4.68 Å². The number of carbonyl (C=O) groups is 2. The average Bonchev–Trinajstić information content (AvgIpc) is 3.05. The molecular weight excluding hydrogens is 376 g/mol. The zero-order valence-corrected chi connectivity index (χ0v) is 14.4. The van der Waals surface area contributed by atoms with Gasteiger partial charge in [0, 0.05) is 12.1 Å². The van der Waals surface area contributed by atoms with E-state index in [0.29, 0.717) is 15.6 Å². The van der Waals surface area contributed by atoms with Crippen LogP contribution in [0.25, 0.3) is 5.69 Å². The van der Waals surface area contributed by atoms with Crippen LogP contribution < -0.4 is 10.6 Å². The van der Waals surface area contributed by atoms with Gasteiger partial charge in [-0.1, -0.05) is 6.07 Å². The number of halogens is 2. The number of nitrogens with zero attached hydrogens (tertiary/aromatic N) is 5. The summed E-state index contributed by atoms with van der Waals surface area (Å²) in [6, 6.07) is 5.72. The second kappa shape index (κ2) is 7.39. The molecular formula is C17H13F2N5O4. The van der Waals surface area contributed by atoms with Gasteiger partial charge in [-0.25, -0.2) is 18.4 Å². The monoisotopic (exact) mass is 389 g/mol. The van der Waals surface area contributed by atoms with Crippen molar-refractivity contribution in [3.05, 3.63) is 64.1 Å². The van der Waals surface area contributed by atoms with Gasteiger partial charge in [0.15, 0.2) is 11.6 Å². The minimum Gasteiger partial charge on any atom is -0.506 e. The molecule has 3 aromatic rings.